The predicted molar refractivity (Wildman–Crippen MR) is 101 cm³/mol. The van der Waals surface area contributed by atoms with Crippen molar-refractivity contribution >= 4 is 27.5 Å². The summed E-state index contributed by atoms with van der Waals surface area (Å²) in [4.78, 5) is 18.3. The monoisotopic (exact) mass is 435 g/mol. The molecule has 0 N–H and O–H groups in total. The quantitative estimate of drug-likeness (QED) is 0.681. The molecular formula is C18H24ClF2N3O3S. The number of carbonyl (C=O) groups is 1. The van der Waals surface area contributed by atoms with E-state index in [2.05, 4.69) is 4.98 Å². The molecule has 3 rings (SSSR count). The van der Waals surface area contributed by atoms with Gasteiger partial charge in [-0.2, -0.15) is 4.31 Å². The summed E-state index contributed by atoms with van der Waals surface area (Å²) in [6.07, 6.45) is 0.843. The van der Waals surface area contributed by atoms with Gasteiger partial charge in [-0.1, -0.05) is 11.6 Å². The lowest BCUT2D eigenvalue weighted by Gasteiger charge is -2.36. The van der Waals surface area contributed by atoms with E-state index < -0.39 is 22.0 Å². The van der Waals surface area contributed by atoms with E-state index >= 15 is 0 Å². The van der Waals surface area contributed by atoms with E-state index in [-0.39, 0.29) is 54.2 Å². The summed E-state index contributed by atoms with van der Waals surface area (Å²) in [5.41, 5.74) is 0.590. The van der Waals surface area contributed by atoms with Gasteiger partial charge in [-0.25, -0.2) is 22.2 Å². The first kappa shape index (κ1) is 21.4. The molecule has 0 aromatic carbocycles. The van der Waals surface area contributed by atoms with Crippen molar-refractivity contribution in [2.24, 2.45) is 0 Å². The number of halogens is 3. The first-order valence-corrected chi connectivity index (χ1v) is 11.1. The molecular weight excluding hydrogens is 412 g/mol. The van der Waals surface area contributed by atoms with E-state index in [9.17, 15) is 22.0 Å². The second kappa shape index (κ2) is 7.84. The maximum Gasteiger partial charge on any atom is 0.248 e. The zero-order valence-electron chi connectivity index (χ0n) is 15.9. The zero-order valence-corrected chi connectivity index (χ0v) is 17.4. The molecule has 1 aliphatic heterocycles. The van der Waals surface area contributed by atoms with Crippen LogP contribution < -0.4 is 0 Å². The molecule has 0 bridgehead atoms. The average Bonchev–Trinajstić information content (AvgIpc) is 3.10. The van der Waals surface area contributed by atoms with Gasteiger partial charge in [0, 0.05) is 38.2 Å². The van der Waals surface area contributed by atoms with E-state index in [4.69, 9.17) is 11.6 Å². The standard InChI is InChI=1S/C18H24ClF2N3O3S/c1-12-5-6-15(16(19)22-12)28(26,27)24-11-3-4-14(24)17(25)23(2)13-7-9-18(20,21)10-8-13/h5-6,13-14H,3-4,7-11H2,1-2H3/t14-/m0/s1. The third kappa shape index (κ3) is 4.16. The van der Waals surface area contributed by atoms with Gasteiger partial charge in [-0.3, -0.25) is 4.79 Å². The second-order valence-electron chi connectivity index (χ2n) is 7.55. The van der Waals surface area contributed by atoms with Gasteiger partial charge in [-0.05, 0) is 44.7 Å². The number of rotatable bonds is 4. The van der Waals surface area contributed by atoms with Crippen LogP contribution in [-0.2, 0) is 14.8 Å². The molecule has 0 unspecified atom stereocenters. The van der Waals surface area contributed by atoms with Gasteiger partial charge in [-0.15, -0.1) is 0 Å². The normalized spacial score (nSPS) is 23.7. The molecule has 1 saturated heterocycles. The fourth-order valence-electron chi connectivity index (χ4n) is 3.93. The molecule has 1 aromatic rings. The highest BCUT2D eigenvalue weighted by Gasteiger charge is 2.44. The van der Waals surface area contributed by atoms with Crippen molar-refractivity contribution in [3.63, 3.8) is 0 Å². The van der Waals surface area contributed by atoms with Crippen LogP contribution in [-0.4, -0.2) is 60.1 Å². The number of aromatic nitrogens is 1. The minimum Gasteiger partial charge on any atom is -0.341 e. The Bertz CT molecular complexity index is 856. The van der Waals surface area contributed by atoms with E-state index in [1.807, 2.05) is 0 Å². The Labute approximate surface area is 168 Å². The topological polar surface area (TPSA) is 70.6 Å². The Hall–Kier alpha value is -1.32. The summed E-state index contributed by atoms with van der Waals surface area (Å²) in [6.45, 7) is 1.91. The van der Waals surface area contributed by atoms with Crippen molar-refractivity contribution in [3.8, 4) is 0 Å². The smallest absolute Gasteiger partial charge is 0.248 e. The summed E-state index contributed by atoms with van der Waals surface area (Å²) in [5.74, 6) is -3.04. The number of hydrogen-bond acceptors (Lipinski definition) is 4. The molecule has 10 heteroatoms. The highest BCUT2D eigenvalue weighted by molar-refractivity contribution is 7.89. The van der Waals surface area contributed by atoms with Crippen LogP contribution in [0.2, 0.25) is 5.15 Å². The lowest BCUT2D eigenvalue weighted by atomic mass is 9.91. The molecule has 1 aromatic heterocycles. The minimum atomic E-state index is -3.99. The average molecular weight is 436 g/mol. The van der Waals surface area contributed by atoms with Crippen molar-refractivity contribution in [2.45, 2.75) is 68.4 Å². The van der Waals surface area contributed by atoms with E-state index in [0.717, 1.165) is 0 Å². The largest absolute Gasteiger partial charge is 0.341 e. The van der Waals surface area contributed by atoms with Gasteiger partial charge < -0.3 is 4.90 Å². The molecule has 1 aliphatic carbocycles. The first-order chi connectivity index (χ1) is 13.0. The second-order valence-corrected chi connectivity index (χ2v) is 9.77. The summed E-state index contributed by atoms with van der Waals surface area (Å²) in [5, 5.41) is -0.124. The summed E-state index contributed by atoms with van der Waals surface area (Å²) < 4.78 is 54.2. The molecule has 0 radical (unpaired) electrons. The molecule has 156 valence electrons. The van der Waals surface area contributed by atoms with Crippen LogP contribution >= 0.6 is 11.6 Å². The van der Waals surface area contributed by atoms with Crippen LogP contribution in [0.4, 0.5) is 8.78 Å². The van der Waals surface area contributed by atoms with Crippen LogP contribution in [0.1, 0.15) is 44.2 Å². The number of amides is 1. The Morgan fingerprint density at radius 2 is 1.93 bits per heavy atom. The predicted octanol–water partition coefficient (Wildman–Crippen LogP) is 3.23. The van der Waals surface area contributed by atoms with Crippen LogP contribution in [0.15, 0.2) is 17.0 Å². The van der Waals surface area contributed by atoms with Gasteiger partial charge in [0.1, 0.15) is 16.1 Å². The Kier molecular flexibility index (Phi) is 5.99. The minimum absolute atomic E-state index is 0.124. The van der Waals surface area contributed by atoms with Crippen molar-refractivity contribution < 1.29 is 22.0 Å². The Morgan fingerprint density at radius 1 is 1.29 bits per heavy atom. The molecule has 2 fully saturated rings. The maximum atomic E-state index is 13.4. The third-order valence-electron chi connectivity index (χ3n) is 5.61. The fraction of sp³-hybridized carbons (Fsp3) is 0.667. The molecule has 6 nitrogen and oxygen atoms in total. The number of sulfonamides is 1. The summed E-state index contributed by atoms with van der Waals surface area (Å²) >= 11 is 6.05. The molecule has 1 atom stereocenters. The first-order valence-electron chi connectivity index (χ1n) is 9.32. The molecule has 2 heterocycles. The number of carbonyl (C=O) groups excluding carboxylic acids is 1. The molecule has 2 aliphatic rings. The number of hydrogen-bond donors (Lipinski definition) is 0. The van der Waals surface area contributed by atoms with Gasteiger partial charge in [0.25, 0.3) is 0 Å². The van der Waals surface area contributed by atoms with Crippen molar-refractivity contribution in [1.29, 1.82) is 0 Å². The van der Waals surface area contributed by atoms with E-state index in [0.29, 0.717) is 18.5 Å². The lowest BCUT2D eigenvalue weighted by Crippen LogP contribution is -2.50. The SMILES string of the molecule is Cc1ccc(S(=O)(=O)N2CCC[C@H]2C(=O)N(C)C2CCC(F)(F)CC2)c(Cl)n1. The Morgan fingerprint density at radius 3 is 2.54 bits per heavy atom. The number of alkyl halides is 2. The van der Waals surface area contributed by atoms with Crippen LogP contribution in [0.3, 0.4) is 0 Å². The van der Waals surface area contributed by atoms with Crippen molar-refractivity contribution in [2.75, 3.05) is 13.6 Å². The highest BCUT2D eigenvalue weighted by atomic mass is 35.5. The maximum absolute atomic E-state index is 13.4. The number of likely N-dealkylation sites (N-methyl/N-ethyl adjacent to an activating group) is 1. The molecule has 28 heavy (non-hydrogen) atoms. The van der Waals surface area contributed by atoms with Gasteiger partial charge in [0.05, 0.1) is 0 Å². The zero-order chi connectivity index (χ0) is 20.7. The van der Waals surface area contributed by atoms with Gasteiger partial charge in [0.15, 0.2) is 0 Å². The van der Waals surface area contributed by atoms with Crippen molar-refractivity contribution in [1.82, 2.24) is 14.2 Å². The fourth-order valence-corrected chi connectivity index (χ4v) is 6.07. The van der Waals surface area contributed by atoms with Crippen molar-refractivity contribution in [3.05, 3.63) is 23.0 Å². The van der Waals surface area contributed by atoms with E-state index in [1.165, 1.54) is 15.3 Å². The van der Waals surface area contributed by atoms with Crippen LogP contribution in [0.5, 0.6) is 0 Å². The van der Waals surface area contributed by atoms with E-state index in [1.54, 1.807) is 20.0 Å². The Balaban J connectivity index is 1.79. The number of nitrogens with zero attached hydrogens (tertiary/aromatic N) is 3. The highest BCUT2D eigenvalue weighted by Crippen LogP contribution is 2.36. The number of pyridine rings is 1. The van der Waals surface area contributed by atoms with Gasteiger partial charge in [0.2, 0.25) is 21.9 Å². The molecule has 1 saturated carbocycles. The molecule has 1 amide bonds. The summed E-state index contributed by atoms with van der Waals surface area (Å²) in [6, 6.07) is 1.80. The van der Waals surface area contributed by atoms with Gasteiger partial charge >= 0.3 is 0 Å². The molecule has 0 spiro atoms. The summed E-state index contributed by atoms with van der Waals surface area (Å²) in [7, 11) is -2.42. The number of aryl methyl sites for hydroxylation is 1. The van der Waals surface area contributed by atoms with Crippen LogP contribution in [0, 0.1) is 6.92 Å². The van der Waals surface area contributed by atoms with Crippen LogP contribution in [0.25, 0.3) is 0 Å². The lowest BCUT2D eigenvalue weighted by molar-refractivity contribution is -0.138. The third-order valence-corrected chi connectivity index (χ3v) is 7.95.